The van der Waals surface area contributed by atoms with Gasteiger partial charge in [-0.1, -0.05) is 31.5 Å². The van der Waals surface area contributed by atoms with Gasteiger partial charge in [-0.25, -0.2) is 10.2 Å². The van der Waals surface area contributed by atoms with Crippen LogP contribution in [0.15, 0.2) is 35.4 Å². The predicted molar refractivity (Wildman–Crippen MR) is 101 cm³/mol. The molecule has 1 heterocycles. The summed E-state index contributed by atoms with van der Waals surface area (Å²) in [5.74, 6) is -0.180. The van der Waals surface area contributed by atoms with E-state index in [1.54, 1.807) is 6.92 Å². The fourth-order valence-electron chi connectivity index (χ4n) is 2.60. The van der Waals surface area contributed by atoms with Crippen LogP contribution in [0.5, 0.6) is 0 Å². The van der Waals surface area contributed by atoms with Gasteiger partial charge < -0.3 is 9.64 Å². The van der Waals surface area contributed by atoms with Crippen LogP contribution in [-0.4, -0.2) is 47.4 Å². The second-order valence-electron chi connectivity index (χ2n) is 5.60. The molecular weight excluding hydrogens is 340 g/mol. The number of hydrogen-bond acceptors (Lipinski definition) is 5. The van der Waals surface area contributed by atoms with E-state index in [1.807, 2.05) is 35.2 Å². The van der Waals surface area contributed by atoms with E-state index in [4.69, 9.17) is 12.2 Å². The molecule has 1 aliphatic rings. The summed E-state index contributed by atoms with van der Waals surface area (Å²) >= 11 is 5.55. The average Bonchev–Trinajstić information content (AvgIpc) is 2.88. The molecule has 2 rings (SSSR count). The number of methoxy groups -OCH3 is 1. The van der Waals surface area contributed by atoms with E-state index in [-0.39, 0.29) is 5.91 Å². The minimum atomic E-state index is -0.688. The van der Waals surface area contributed by atoms with Crippen molar-refractivity contribution in [1.29, 1.82) is 0 Å². The van der Waals surface area contributed by atoms with Gasteiger partial charge in [0.05, 0.1) is 18.5 Å². The highest BCUT2D eigenvalue weighted by Gasteiger charge is 2.44. The van der Waals surface area contributed by atoms with Crippen LogP contribution in [0.25, 0.3) is 0 Å². The zero-order valence-corrected chi connectivity index (χ0v) is 15.4. The SMILES string of the molecule is CCCCN1C(=S)N(c2ccccc2)C(=O)C1/C(C)=N/NC(=O)OC. The lowest BCUT2D eigenvalue weighted by Gasteiger charge is -2.23. The largest absolute Gasteiger partial charge is 0.452 e. The number of anilines is 1. The van der Waals surface area contributed by atoms with Gasteiger partial charge in [0.2, 0.25) is 0 Å². The van der Waals surface area contributed by atoms with E-state index < -0.39 is 12.1 Å². The first-order valence-corrected chi connectivity index (χ1v) is 8.49. The van der Waals surface area contributed by atoms with Gasteiger partial charge in [0.15, 0.2) is 11.2 Å². The third-order valence-corrected chi connectivity index (χ3v) is 4.29. The molecule has 1 atom stereocenters. The summed E-state index contributed by atoms with van der Waals surface area (Å²) in [5.41, 5.74) is 3.43. The van der Waals surface area contributed by atoms with Crippen molar-refractivity contribution >= 4 is 40.7 Å². The number of carbonyl (C=O) groups is 2. The molecule has 1 unspecified atom stereocenters. The Morgan fingerprint density at radius 1 is 1.36 bits per heavy atom. The molecule has 0 bridgehead atoms. The number of nitrogens with one attached hydrogen (secondary N) is 1. The summed E-state index contributed by atoms with van der Waals surface area (Å²) in [6.07, 6.45) is 1.18. The van der Waals surface area contributed by atoms with Crippen molar-refractivity contribution in [3.8, 4) is 0 Å². The van der Waals surface area contributed by atoms with Gasteiger partial charge in [-0.15, -0.1) is 0 Å². The van der Waals surface area contributed by atoms with Crippen molar-refractivity contribution < 1.29 is 14.3 Å². The van der Waals surface area contributed by atoms with Crippen LogP contribution in [-0.2, 0) is 9.53 Å². The van der Waals surface area contributed by atoms with Crippen molar-refractivity contribution in [2.24, 2.45) is 5.10 Å². The lowest BCUT2D eigenvalue weighted by molar-refractivity contribution is -0.118. The van der Waals surface area contributed by atoms with Crippen molar-refractivity contribution in [2.45, 2.75) is 32.7 Å². The Morgan fingerprint density at radius 2 is 2.04 bits per heavy atom. The van der Waals surface area contributed by atoms with E-state index >= 15 is 0 Å². The molecule has 0 spiro atoms. The fourth-order valence-corrected chi connectivity index (χ4v) is 2.99. The molecular formula is C17H22N4O3S. The molecule has 1 N–H and O–H groups in total. The molecule has 1 aromatic carbocycles. The maximum Gasteiger partial charge on any atom is 0.427 e. The summed E-state index contributed by atoms with van der Waals surface area (Å²) in [5, 5.41) is 4.44. The number of hydrazone groups is 1. The molecule has 2 amide bonds. The molecule has 0 aliphatic carbocycles. The van der Waals surface area contributed by atoms with Gasteiger partial charge in [-0.3, -0.25) is 9.69 Å². The molecule has 1 saturated heterocycles. The first kappa shape index (κ1) is 18.9. The Bertz CT molecular complexity index is 678. The number of hydrogen-bond donors (Lipinski definition) is 1. The number of para-hydroxylation sites is 1. The number of thiocarbonyl (C=S) groups is 1. The third kappa shape index (κ3) is 4.14. The average molecular weight is 362 g/mol. The normalized spacial score (nSPS) is 17.9. The number of nitrogens with zero attached hydrogens (tertiary/aromatic N) is 3. The van der Waals surface area contributed by atoms with Gasteiger partial charge in [0, 0.05) is 6.54 Å². The van der Waals surface area contributed by atoms with E-state index in [9.17, 15) is 9.59 Å². The maximum absolute atomic E-state index is 13.0. The highest BCUT2D eigenvalue weighted by molar-refractivity contribution is 7.80. The standard InChI is InChI=1S/C17H22N4O3S/c1-4-5-11-20-14(12(2)18-19-16(23)24-3)15(22)21(17(20)25)13-9-7-6-8-10-13/h6-10,14H,4-5,11H2,1-3H3,(H,19,23)/b18-12+. The van der Waals surface area contributed by atoms with Crippen LogP contribution in [0.1, 0.15) is 26.7 Å². The van der Waals surface area contributed by atoms with Gasteiger partial charge in [0.1, 0.15) is 0 Å². The molecule has 134 valence electrons. The molecule has 7 nitrogen and oxygen atoms in total. The van der Waals surface area contributed by atoms with Gasteiger partial charge in [-0.2, -0.15) is 5.10 Å². The molecule has 25 heavy (non-hydrogen) atoms. The highest BCUT2D eigenvalue weighted by Crippen LogP contribution is 2.26. The van der Waals surface area contributed by atoms with Crippen LogP contribution in [0.3, 0.4) is 0 Å². The Kier molecular flexibility index (Phi) is 6.46. The number of carbonyl (C=O) groups excluding carboxylic acids is 2. The maximum atomic E-state index is 13.0. The number of amides is 2. The molecule has 0 radical (unpaired) electrons. The number of ether oxygens (including phenoxy) is 1. The van der Waals surface area contributed by atoms with Crippen LogP contribution in [0.2, 0.25) is 0 Å². The van der Waals surface area contributed by atoms with Gasteiger partial charge >= 0.3 is 6.09 Å². The van der Waals surface area contributed by atoms with Crippen molar-refractivity contribution in [2.75, 3.05) is 18.6 Å². The van der Waals surface area contributed by atoms with Gasteiger partial charge in [0.25, 0.3) is 5.91 Å². The second kappa shape index (κ2) is 8.57. The van der Waals surface area contributed by atoms with E-state index in [2.05, 4.69) is 22.2 Å². The predicted octanol–water partition coefficient (Wildman–Crippen LogP) is 2.52. The summed E-state index contributed by atoms with van der Waals surface area (Å²) in [7, 11) is 1.25. The summed E-state index contributed by atoms with van der Waals surface area (Å²) in [6.45, 7) is 4.40. The van der Waals surface area contributed by atoms with E-state index in [0.717, 1.165) is 18.5 Å². The summed E-state index contributed by atoms with van der Waals surface area (Å²) in [6, 6.07) is 8.62. The summed E-state index contributed by atoms with van der Waals surface area (Å²) in [4.78, 5) is 27.6. The number of benzene rings is 1. The van der Waals surface area contributed by atoms with Crippen molar-refractivity contribution in [3.63, 3.8) is 0 Å². The molecule has 0 saturated carbocycles. The zero-order chi connectivity index (χ0) is 18.4. The third-order valence-electron chi connectivity index (χ3n) is 3.87. The van der Waals surface area contributed by atoms with Crippen LogP contribution >= 0.6 is 12.2 Å². The smallest absolute Gasteiger partial charge is 0.427 e. The first-order chi connectivity index (χ1) is 12.0. The van der Waals surface area contributed by atoms with Gasteiger partial charge in [-0.05, 0) is 37.7 Å². The quantitative estimate of drug-likeness (QED) is 0.478. The molecule has 1 fully saturated rings. The minimum Gasteiger partial charge on any atom is -0.452 e. The molecule has 1 aromatic rings. The van der Waals surface area contributed by atoms with Crippen LogP contribution in [0, 0.1) is 0 Å². The lowest BCUT2D eigenvalue weighted by Crippen LogP contribution is -2.41. The van der Waals surface area contributed by atoms with E-state index in [1.165, 1.54) is 12.0 Å². The van der Waals surface area contributed by atoms with Crippen molar-refractivity contribution in [1.82, 2.24) is 10.3 Å². The zero-order valence-electron chi connectivity index (χ0n) is 14.6. The fraction of sp³-hybridized carbons (Fsp3) is 0.412. The number of rotatable bonds is 6. The van der Waals surface area contributed by atoms with Crippen LogP contribution in [0.4, 0.5) is 10.5 Å². The number of unbranched alkanes of at least 4 members (excludes halogenated alkanes) is 1. The Hall–Kier alpha value is -2.48. The molecule has 0 aromatic heterocycles. The molecule has 1 aliphatic heterocycles. The second-order valence-corrected chi connectivity index (χ2v) is 5.96. The minimum absolute atomic E-state index is 0.180. The summed E-state index contributed by atoms with van der Waals surface area (Å²) < 4.78 is 4.50. The Morgan fingerprint density at radius 3 is 2.64 bits per heavy atom. The molecule has 8 heteroatoms. The highest BCUT2D eigenvalue weighted by atomic mass is 32.1. The lowest BCUT2D eigenvalue weighted by atomic mass is 10.1. The Labute approximate surface area is 152 Å². The monoisotopic (exact) mass is 362 g/mol. The Balaban J connectivity index is 2.32. The first-order valence-electron chi connectivity index (χ1n) is 8.09. The van der Waals surface area contributed by atoms with E-state index in [0.29, 0.717) is 17.4 Å². The van der Waals surface area contributed by atoms with Crippen molar-refractivity contribution in [3.05, 3.63) is 30.3 Å². The van der Waals surface area contributed by atoms with Crippen LogP contribution < -0.4 is 10.3 Å². The topological polar surface area (TPSA) is 74.2 Å².